The van der Waals surface area contributed by atoms with Gasteiger partial charge in [-0.05, 0) is 19.1 Å². The molecule has 0 saturated heterocycles. The molecule has 0 aromatic carbocycles. The second-order valence-corrected chi connectivity index (χ2v) is 10.4. The van der Waals surface area contributed by atoms with Gasteiger partial charge in [0.05, 0.1) is 19.1 Å². The largest absolute Gasteiger partial charge is 0.412 e. The van der Waals surface area contributed by atoms with Crippen molar-refractivity contribution in [2.45, 2.75) is 45.5 Å². The SMILES string of the molecule is CCCC[Si](C)(C)OCc1cn2cncc2s1. The topological polar surface area (TPSA) is 26.5 Å². The summed E-state index contributed by atoms with van der Waals surface area (Å²) in [4.78, 5) is 6.58. The Morgan fingerprint density at radius 2 is 2.29 bits per heavy atom. The smallest absolute Gasteiger partial charge is 0.187 e. The first-order chi connectivity index (χ1) is 8.11. The molecular weight excluding hydrogens is 248 g/mol. The summed E-state index contributed by atoms with van der Waals surface area (Å²) in [5, 5.41) is 0. The number of rotatable bonds is 6. The van der Waals surface area contributed by atoms with Crippen LogP contribution in [0.4, 0.5) is 0 Å². The molecule has 0 fully saturated rings. The Morgan fingerprint density at radius 3 is 3.00 bits per heavy atom. The van der Waals surface area contributed by atoms with Crippen molar-refractivity contribution in [3.05, 3.63) is 23.6 Å². The summed E-state index contributed by atoms with van der Waals surface area (Å²) in [6.07, 6.45) is 8.41. The maximum atomic E-state index is 6.13. The van der Waals surface area contributed by atoms with Gasteiger partial charge < -0.3 is 4.43 Å². The van der Waals surface area contributed by atoms with E-state index in [1.807, 2.05) is 12.5 Å². The highest BCUT2D eigenvalue weighted by Gasteiger charge is 2.21. The van der Waals surface area contributed by atoms with E-state index in [0.29, 0.717) is 0 Å². The average Bonchev–Trinajstić information content (AvgIpc) is 2.84. The van der Waals surface area contributed by atoms with Crippen molar-refractivity contribution >= 4 is 24.5 Å². The minimum atomic E-state index is -1.45. The molecule has 2 heterocycles. The quantitative estimate of drug-likeness (QED) is 0.742. The van der Waals surface area contributed by atoms with E-state index in [4.69, 9.17) is 4.43 Å². The third-order valence-electron chi connectivity index (χ3n) is 2.89. The lowest BCUT2D eigenvalue weighted by atomic mass is 10.4. The number of nitrogens with zero attached hydrogens (tertiary/aromatic N) is 2. The molecule has 0 N–H and O–H groups in total. The van der Waals surface area contributed by atoms with Gasteiger partial charge in [-0.15, -0.1) is 11.3 Å². The zero-order chi connectivity index (χ0) is 12.3. The molecule has 2 rings (SSSR count). The summed E-state index contributed by atoms with van der Waals surface area (Å²) < 4.78 is 8.19. The Bertz CT molecular complexity index is 449. The van der Waals surface area contributed by atoms with Crippen LogP contribution in [0.2, 0.25) is 19.1 Å². The predicted molar refractivity (Wildman–Crippen MR) is 75.1 cm³/mol. The fourth-order valence-corrected chi connectivity index (χ4v) is 4.66. The standard InChI is InChI=1S/C12H20N2OSSi/c1-4-5-6-17(2,3)15-9-11-8-14-10-13-7-12(14)16-11/h7-8,10H,4-6,9H2,1-3H3. The Balaban J connectivity index is 1.91. The molecule has 0 radical (unpaired) electrons. The molecule has 2 aromatic heterocycles. The van der Waals surface area contributed by atoms with Crippen molar-refractivity contribution in [1.29, 1.82) is 0 Å². The van der Waals surface area contributed by atoms with Gasteiger partial charge in [0, 0.05) is 11.1 Å². The van der Waals surface area contributed by atoms with Crippen LogP contribution in [0.25, 0.3) is 4.83 Å². The van der Waals surface area contributed by atoms with Crippen LogP contribution in [-0.2, 0) is 11.0 Å². The molecule has 0 aliphatic heterocycles. The van der Waals surface area contributed by atoms with Gasteiger partial charge in [-0.3, -0.25) is 4.40 Å². The predicted octanol–water partition coefficient (Wildman–Crippen LogP) is 3.92. The van der Waals surface area contributed by atoms with Crippen LogP contribution in [0.1, 0.15) is 24.6 Å². The summed E-state index contributed by atoms with van der Waals surface area (Å²) in [6.45, 7) is 7.62. The van der Waals surface area contributed by atoms with Gasteiger partial charge in [0.25, 0.3) is 0 Å². The summed E-state index contributed by atoms with van der Waals surface area (Å²) >= 11 is 1.77. The second kappa shape index (κ2) is 5.33. The maximum absolute atomic E-state index is 6.13. The number of unbranched alkanes of at least 4 members (excludes halogenated alkanes) is 1. The molecule has 0 bridgehead atoms. The van der Waals surface area contributed by atoms with Crippen molar-refractivity contribution in [3.8, 4) is 0 Å². The molecule has 2 aromatic rings. The van der Waals surface area contributed by atoms with Crippen molar-refractivity contribution in [1.82, 2.24) is 9.38 Å². The van der Waals surface area contributed by atoms with E-state index in [9.17, 15) is 0 Å². The minimum absolute atomic E-state index is 0.759. The van der Waals surface area contributed by atoms with Gasteiger partial charge in [0.2, 0.25) is 0 Å². The number of imidazole rings is 1. The third kappa shape index (κ3) is 3.40. The van der Waals surface area contributed by atoms with Crippen molar-refractivity contribution in [2.24, 2.45) is 0 Å². The van der Waals surface area contributed by atoms with Crippen molar-refractivity contribution < 1.29 is 4.43 Å². The van der Waals surface area contributed by atoms with E-state index >= 15 is 0 Å². The number of aromatic nitrogens is 2. The molecule has 0 atom stereocenters. The molecular formula is C12H20N2OSSi. The molecule has 0 amide bonds. The van der Waals surface area contributed by atoms with Crippen molar-refractivity contribution in [2.75, 3.05) is 0 Å². The van der Waals surface area contributed by atoms with Gasteiger partial charge in [-0.25, -0.2) is 4.98 Å². The van der Waals surface area contributed by atoms with Crippen LogP contribution in [0.5, 0.6) is 0 Å². The molecule has 94 valence electrons. The van der Waals surface area contributed by atoms with E-state index < -0.39 is 8.32 Å². The molecule has 0 aliphatic rings. The molecule has 3 nitrogen and oxygen atoms in total. The Labute approximate surface area is 108 Å². The molecule has 17 heavy (non-hydrogen) atoms. The van der Waals surface area contributed by atoms with Crippen LogP contribution in [0.15, 0.2) is 18.7 Å². The monoisotopic (exact) mass is 268 g/mol. The Kier molecular flexibility index (Phi) is 4.01. The maximum Gasteiger partial charge on any atom is 0.187 e. The normalized spacial score (nSPS) is 12.4. The molecule has 5 heteroatoms. The zero-order valence-electron chi connectivity index (χ0n) is 10.8. The fraction of sp³-hybridized carbons (Fsp3) is 0.583. The van der Waals surface area contributed by atoms with E-state index in [1.165, 1.54) is 28.6 Å². The second-order valence-electron chi connectivity index (χ2n) is 4.99. The minimum Gasteiger partial charge on any atom is -0.412 e. The lowest BCUT2D eigenvalue weighted by Crippen LogP contribution is -2.29. The van der Waals surface area contributed by atoms with E-state index in [-0.39, 0.29) is 0 Å². The molecule has 0 unspecified atom stereocenters. The van der Waals surface area contributed by atoms with Gasteiger partial charge in [0.15, 0.2) is 8.32 Å². The van der Waals surface area contributed by atoms with Crippen LogP contribution in [0.3, 0.4) is 0 Å². The zero-order valence-corrected chi connectivity index (χ0v) is 12.6. The lowest BCUT2D eigenvalue weighted by molar-refractivity contribution is 0.297. The van der Waals surface area contributed by atoms with Crippen LogP contribution < -0.4 is 0 Å². The van der Waals surface area contributed by atoms with Crippen LogP contribution in [0, 0.1) is 0 Å². The van der Waals surface area contributed by atoms with E-state index in [2.05, 4.69) is 35.6 Å². The number of hydrogen-bond acceptors (Lipinski definition) is 3. The first-order valence-electron chi connectivity index (χ1n) is 6.15. The summed E-state index contributed by atoms with van der Waals surface area (Å²) in [7, 11) is -1.45. The first kappa shape index (κ1) is 12.8. The average molecular weight is 268 g/mol. The lowest BCUT2D eigenvalue weighted by Gasteiger charge is -2.22. The van der Waals surface area contributed by atoms with Gasteiger partial charge in [0.1, 0.15) is 4.83 Å². The highest BCUT2D eigenvalue weighted by atomic mass is 32.1. The fourth-order valence-electron chi connectivity index (χ4n) is 1.79. The number of fused-ring (bicyclic) bond motifs is 1. The molecule has 0 spiro atoms. The van der Waals surface area contributed by atoms with Crippen molar-refractivity contribution in [3.63, 3.8) is 0 Å². The van der Waals surface area contributed by atoms with E-state index in [0.717, 1.165) is 6.61 Å². The number of thiazole rings is 1. The Morgan fingerprint density at radius 1 is 1.47 bits per heavy atom. The van der Waals surface area contributed by atoms with Crippen LogP contribution in [-0.4, -0.2) is 17.7 Å². The van der Waals surface area contributed by atoms with Gasteiger partial charge in [-0.2, -0.15) is 0 Å². The first-order valence-corrected chi connectivity index (χ1v) is 10.1. The van der Waals surface area contributed by atoms with Crippen LogP contribution >= 0.6 is 11.3 Å². The molecule has 0 saturated carbocycles. The van der Waals surface area contributed by atoms with Gasteiger partial charge >= 0.3 is 0 Å². The molecule has 0 aliphatic carbocycles. The summed E-state index contributed by atoms with van der Waals surface area (Å²) in [5.41, 5.74) is 0. The summed E-state index contributed by atoms with van der Waals surface area (Å²) in [6, 6.07) is 1.26. The third-order valence-corrected chi connectivity index (χ3v) is 6.38. The highest BCUT2D eigenvalue weighted by molar-refractivity contribution is 7.17. The number of hydrogen-bond donors (Lipinski definition) is 0. The van der Waals surface area contributed by atoms with Gasteiger partial charge in [-0.1, -0.05) is 19.8 Å². The summed E-state index contributed by atoms with van der Waals surface area (Å²) in [5.74, 6) is 0. The Hall–Kier alpha value is -0.653. The van der Waals surface area contributed by atoms with E-state index in [1.54, 1.807) is 11.3 Å². The highest BCUT2D eigenvalue weighted by Crippen LogP contribution is 2.22.